The Bertz CT molecular complexity index is 815. The first kappa shape index (κ1) is 17.8. The topological polar surface area (TPSA) is 75.6 Å². The van der Waals surface area contributed by atoms with Gasteiger partial charge in [-0.25, -0.2) is 4.98 Å². The van der Waals surface area contributed by atoms with Gasteiger partial charge in [0.05, 0.1) is 18.9 Å². The quantitative estimate of drug-likeness (QED) is 0.839. The molecule has 1 saturated heterocycles. The number of hydrogen-bond acceptors (Lipinski definition) is 5. The van der Waals surface area contributed by atoms with Crippen LogP contribution >= 0.6 is 0 Å². The summed E-state index contributed by atoms with van der Waals surface area (Å²) >= 11 is 0. The second-order valence-electron chi connectivity index (χ2n) is 6.31. The van der Waals surface area contributed by atoms with Crippen molar-refractivity contribution in [3.63, 3.8) is 0 Å². The molecule has 1 aromatic heterocycles. The zero-order chi connectivity index (χ0) is 18.7. The monoisotopic (exact) mass is 354 g/mol. The summed E-state index contributed by atoms with van der Waals surface area (Å²) < 4.78 is 5.38. The van der Waals surface area contributed by atoms with Gasteiger partial charge < -0.3 is 14.5 Å². The van der Waals surface area contributed by atoms with E-state index in [1.54, 1.807) is 16.9 Å². The molecule has 7 nitrogen and oxygen atoms in total. The molecule has 136 valence electrons. The molecule has 2 heterocycles. The maximum atomic E-state index is 12.9. The van der Waals surface area contributed by atoms with E-state index < -0.39 is 0 Å². The molecule has 0 unspecified atom stereocenters. The largest absolute Gasteiger partial charge is 0.496 e. The summed E-state index contributed by atoms with van der Waals surface area (Å²) in [6, 6.07) is 3.75. The molecule has 0 aliphatic carbocycles. The van der Waals surface area contributed by atoms with Crippen LogP contribution in [0.25, 0.3) is 0 Å². The zero-order valence-corrected chi connectivity index (χ0v) is 15.2. The lowest BCUT2D eigenvalue weighted by Crippen LogP contribution is -2.50. The Hall–Kier alpha value is -2.96. The fourth-order valence-electron chi connectivity index (χ4n) is 2.98. The number of aromatic nitrogens is 2. The minimum Gasteiger partial charge on any atom is -0.496 e. The van der Waals surface area contributed by atoms with Gasteiger partial charge in [0.15, 0.2) is 0 Å². The standard InChI is InChI=1S/C19H22N4O3/c1-13-10-15(17(26-3)11-14(13)2)18(24)22-6-8-23(9-7-22)19(25)16-12-20-4-5-21-16/h4-5,10-12H,6-9H2,1-3H3. The number of nitrogens with zero attached hydrogens (tertiary/aromatic N) is 4. The van der Waals surface area contributed by atoms with E-state index in [0.29, 0.717) is 43.2 Å². The van der Waals surface area contributed by atoms with Gasteiger partial charge in [-0.15, -0.1) is 0 Å². The first-order valence-electron chi connectivity index (χ1n) is 8.51. The van der Waals surface area contributed by atoms with Gasteiger partial charge in [0.1, 0.15) is 11.4 Å². The number of ether oxygens (including phenoxy) is 1. The second-order valence-corrected chi connectivity index (χ2v) is 6.31. The van der Waals surface area contributed by atoms with Crippen molar-refractivity contribution in [2.45, 2.75) is 13.8 Å². The van der Waals surface area contributed by atoms with Crippen LogP contribution in [0.15, 0.2) is 30.7 Å². The van der Waals surface area contributed by atoms with Crippen LogP contribution in [0.4, 0.5) is 0 Å². The molecule has 7 heteroatoms. The van der Waals surface area contributed by atoms with Gasteiger partial charge in [-0.3, -0.25) is 14.6 Å². The summed E-state index contributed by atoms with van der Waals surface area (Å²) in [5.41, 5.74) is 3.01. The van der Waals surface area contributed by atoms with Crippen molar-refractivity contribution < 1.29 is 14.3 Å². The Morgan fingerprint density at radius 3 is 2.15 bits per heavy atom. The van der Waals surface area contributed by atoms with Crippen LogP contribution in [-0.2, 0) is 0 Å². The number of rotatable bonds is 3. The van der Waals surface area contributed by atoms with Crippen molar-refractivity contribution in [3.8, 4) is 5.75 Å². The van der Waals surface area contributed by atoms with Gasteiger partial charge in [0.2, 0.25) is 0 Å². The van der Waals surface area contributed by atoms with Crippen LogP contribution in [0, 0.1) is 13.8 Å². The van der Waals surface area contributed by atoms with Crippen molar-refractivity contribution in [3.05, 3.63) is 53.1 Å². The van der Waals surface area contributed by atoms with E-state index in [1.807, 2.05) is 26.0 Å². The lowest BCUT2D eigenvalue weighted by molar-refractivity contribution is 0.0530. The minimum atomic E-state index is -0.158. The average molecular weight is 354 g/mol. The molecule has 1 aliphatic rings. The molecule has 0 saturated carbocycles. The molecule has 26 heavy (non-hydrogen) atoms. The van der Waals surface area contributed by atoms with E-state index in [4.69, 9.17) is 4.74 Å². The van der Waals surface area contributed by atoms with E-state index in [-0.39, 0.29) is 11.8 Å². The predicted molar refractivity (Wildman–Crippen MR) is 96.3 cm³/mol. The number of amides is 2. The van der Waals surface area contributed by atoms with Crippen LogP contribution in [-0.4, -0.2) is 64.9 Å². The van der Waals surface area contributed by atoms with Crippen LogP contribution in [0.1, 0.15) is 32.0 Å². The second kappa shape index (κ2) is 7.51. The van der Waals surface area contributed by atoms with Crippen molar-refractivity contribution >= 4 is 11.8 Å². The predicted octanol–water partition coefficient (Wildman–Crippen LogP) is 1.70. The van der Waals surface area contributed by atoms with Crippen LogP contribution in [0.3, 0.4) is 0 Å². The molecule has 0 spiro atoms. The lowest BCUT2D eigenvalue weighted by atomic mass is 10.0. The molecule has 0 atom stereocenters. The summed E-state index contributed by atoms with van der Waals surface area (Å²) in [5, 5.41) is 0. The molecule has 1 aliphatic heterocycles. The van der Waals surface area contributed by atoms with Gasteiger partial charge in [-0.1, -0.05) is 0 Å². The third kappa shape index (κ3) is 3.51. The molecular weight excluding hydrogens is 332 g/mol. The van der Waals surface area contributed by atoms with Crippen molar-refractivity contribution in [2.75, 3.05) is 33.3 Å². The molecule has 0 bridgehead atoms. The van der Waals surface area contributed by atoms with Gasteiger partial charge in [-0.2, -0.15) is 0 Å². The smallest absolute Gasteiger partial charge is 0.274 e. The maximum absolute atomic E-state index is 12.9. The Balaban J connectivity index is 1.69. The van der Waals surface area contributed by atoms with Gasteiger partial charge >= 0.3 is 0 Å². The minimum absolute atomic E-state index is 0.0726. The highest BCUT2D eigenvalue weighted by Crippen LogP contribution is 2.25. The van der Waals surface area contributed by atoms with E-state index in [9.17, 15) is 9.59 Å². The number of benzene rings is 1. The van der Waals surface area contributed by atoms with E-state index in [2.05, 4.69) is 9.97 Å². The van der Waals surface area contributed by atoms with E-state index in [1.165, 1.54) is 18.6 Å². The number of carbonyl (C=O) groups is 2. The normalized spacial score (nSPS) is 14.3. The molecule has 2 amide bonds. The molecule has 1 fully saturated rings. The third-order valence-electron chi connectivity index (χ3n) is 4.68. The summed E-state index contributed by atoms with van der Waals surface area (Å²) in [6.07, 6.45) is 4.49. The fourth-order valence-corrected chi connectivity index (χ4v) is 2.98. The molecule has 1 aromatic carbocycles. The lowest BCUT2D eigenvalue weighted by Gasteiger charge is -2.34. The summed E-state index contributed by atoms with van der Waals surface area (Å²) in [5.74, 6) is 0.349. The number of methoxy groups -OCH3 is 1. The Kier molecular flexibility index (Phi) is 5.16. The molecule has 0 radical (unpaired) electrons. The summed E-state index contributed by atoms with van der Waals surface area (Å²) in [4.78, 5) is 36.8. The summed E-state index contributed by atoms with van der Waals surface area (Å²) in [7, 11) is 1.57. The number of carbonyl (C=O) groups excluding carboxylic acids is 2. The van der Waals surface area contributed by atoms with Gasteiger partial charge in [0.25, 0.3) is 11.8 Å². The molecule has 3 rings (SSSR count). The van der Waals surface area contributed by atoms with Gasteiger partial charge in [-0.05, 0) is 37.1 Å². The number of piperazine rings is 1. The fraction of sp³-hybridized carbons (Fsp3) is 0.368. The van der Waals surface area contributed by atoms with E-state index in [0.717, 1.165) is 11.1 Å². The van der Waals surface area contributed by atoms with Crippen molar-refractivity contribution in [1.82, 2.24) is 19.8 Å². The Morgan fingerprint density at radius 1 is 0.962 bits per heavy atom. The van der Waals surface area contributed by atoms with Gasteiger partial charge in [0, 0.05) is 38.6 Å². The molecular formula is C19H22N4O3. The van der Waals surface area contributed by atoms with Crippen LogP contribution in [0.2, 0.25) is 0 Å². The molecule has 0 N–H and O–H groups in total. The highest BCUT2D eigenvalue weighted by Gasteiger charge is 2.27. The van der Waals surface area contributed by atoms with Crippen molar-refractivity contribution in [1.29, 1.82) is 0 Å². The highest BCUT2D eigenvalue weighted by molar-refractivity contribution is 5.97. The zero-order valence-electron chi connectivity index (χ0n) is 15.2. The van der Waals surface area contributed by atoms with E-state index >= 15 is 0 Å². The number of hydrogen-bond donors (Lipinski definition) is 0. The third-order valence-corrected chi connectivity index (χ3v) is 4.68. The first-order valence-corrected chi connectivity index (χ1v) is 8.51. The molecule has 2 aromatic rings. The van der Waals surface area contributed by atoms with Crippen LogP contribution < -0.4 is 4.74 Å². The number of aryl methyl sites for hydroxylation is 2. The van der Waals surface area contributed by atoms with Crippen molar-refractivity contribution in [2.24, 2.45) is 0 Å². The Labute approximate surface area is 152 Å². The SMILES string of the molecule is COc1cc(C)c(C)cc1C(=O)N1CCN(C(=O)c2cnccn2)CC1. The summed E-state index contributed by atoms with van der Waals surface area (Å²) in [6.45, 7) is 5.84. The first-order chi connectivity index (χ1) is 12.5. The maximum Gasteiger partial charge on any atom is 0.274 e. The highest BCUT2D eigenvalue weighted by atomic mass is 16.5. The Morgan fingerprint density at radius 2 is 1.58 bits per heavy atom. The van der Waals surface area contributed by atoms with Crippen LogP contribution in [0.5, 0.6) is 5.75 Å². The average Bonchev–Trinajstić information content (AvgIpc) is 2.69.